The van der Waals surface area contributed by atoms with Gasteiger partial charge in [-0.15, -0.1) is 0 Å². The van der Waals surface area contributed by atoms with E-state index in [1.165, 1.54) is 24.0 Å². The highest BCUT2D eigenvalue weighted by Gasteiger charge is 2.43. The van der Waals surface area contributed by atoms with Gasteiger partial charge in [-0.2, -0.15) is 0 Å². The lowest BCUT2D eigenvalue weighted by Crippen LogP contribution is -2.51. The predicted molar refractivity (Wildman–Crippen MR) is 126 cm³/mol. The molecule has 2 unspecified atom stereocenters. The lowest BCUT2D eigenvalue weighted by molar-refractivity contribution is -0.0577. The summed E-state index contributed by atoms with van der Waals surface area (Å²) in [6.45, 7) is 2.39. The van der Waals surface area contributed by atoms with E-state index in [1.807, 2.05) is 18.2 Å². The Morgan fingerprint density at radius 2 is 1.81 bits per heavy atom. The predicted octanol–water partition coefficient (Wildman–Crippen LogP) is 4.71. The summed E-state index contributed by atoms with van der Waals surface area (Å²) in [6.07, 6.45) is 4.95. The third-order valence-electron chi connectivity index (χ3n) is 7.86. The lowest BCUT2D eigenvalue weighted by Gasteiger charge is -2.46. The average molecular weight is 430 g/mol. The molecule has 1 fully saturated rings. The average Bonchev–Trinajstić information content (AvgIpc) is 3.29. The number of hydrogen-bond acceptors (Lipinski definition) is 4. The van der Waals surface area contributed by atoms with Crippen LogP contribution in [0, 0.1) is 0 Å². The summed E-state index contributed by atoms with van der Waals surface area (Å²) < 4.78 is 6.68. The van der Waals surface area contributed by atoms with Crippen molar-refractivity contribution < 1.29 is 14.9 Å². The quantitative estimate of drug-likeness (QED) is 0.633. The summed E-state index contributed by atoms with van der Waals surface area (Å²) in [5, 5.41) is 24.1. The van der Waals surface area contributed by atoms with E-state index in [2.05, 4.69) is 41.3 Å². The van der Waals surface area contributed by atoms with Gasteiger partial charge in [-0.3, -0.25) is 0 Å². The summed E-state index contributed by atoms with van der Waals surface area (Å²) in [5.41, 5.74) is 4.47. The van der Waals surface area contributed by atoms with E-state index >= 15 is 0 Å². The molecule has 0 bridgehead atoms. The highest BCUT2D eigenvalue weighted by molar-refractivity contribution is 5.90. The molecule has 2 atom stereocenters. The molecule has 3 aromatic rings. The van der Waals surface area contributed by atoms with Gasteiger partial charge in [0.25, 0.3) is 0 Å². The van der Waals surface area contributed by atoms with Crippen LogP contribution in [-0.2, 0) is 12.8 Å². The first-order valence-electron chi connectivity index (χ1n) is 12.0. The maximum atomic E-state index is 10.9. The molecule has 3 aliphatic rings. The van der Waals surface area contributed by atoms with Crippen LogP contribution < -0.4 is 4.74 Å². The number of aliphatic hydroxyl groups is 2. The van der Waals surface area contributed by atoms with Crippen LogP contribution in [-0.4, -0.2) is 40.3 Å². The number of benzene rings is 3. The van der Waals surface area contributed by atoms with Crippen LogP contribution in [0.2, 0.25) is 0 Å². The smallest absolute Gasteiger partial charge is 0.133 e. The monoisotopic (exact) mass is 429 g/mol. The minimum absolute atomic E-state index is 0.328. The van der Waals surface area contributed by atoms with Gasteiger partial charge in [0.1, 0.15) is 11.4 Å². The SMILES string of the molecule is OC(CN1CCC2(CC1)CC(O)c1ccc3ccccc3c1O2)c1ccc2c(c1)CCC2. The number of nitrogens with zero attached hydrogens (tertiary/aromatic N) is 1. The maximum absolute atomic E-state index is 10.9. The first kappa shape index (κ1) is 20.2. The van der Waals surface area contributed by atoms with Crippen LogP contribution in [0.15, 0.2) is 54.6 Å². The lowest BCUT2D eigenvalue weighted by atomic mass is 9.81. The molecule has 32 heavy (non-hydrogen) atoms. The molecular formula is C28H31NO3. The number of β-amino-alcohol motifs (C(OH)–C–C–N with tert-alkyl or cyclic N) is 1. The number of likely N-dealkylation sites (tertiary alicyclic amines) is 1. The third kappa shape index (κ3) is 3.51. The van der Waals surface area contributed by atoms with Crippen LogP contribution in [0.1, 0.15) is 60.1 Å². The maximum Gasteiger partial charge on any atom is 0.133 e. The second-order valence-corrected chi connectivity index (χ2v) is 9.91. The fourth-order valence-electron chi connectivity index (χ4n) is 5.95. The molecule has 3 aromatic carbocycles. The van der Waals surface area contributed by atoms with Gasteiger partial charge >= 0.3 is 0 Å². The van der Waals surface area contributed by atoms with Crippen molar-refractivity contribution in [1.29, 1.82) is 0 Å². The van der Waals surface area contributed by atoms with E-state index in [0.717, 1.165) is 60.0 Å². The van der Waals surface area contributed by atoms with E-state index in [0.29, 0.717) is 13.0 Å². The first-order chi connectivity index (χ1) is 15.6. The Hall–Kier alpha value is -2.40. The number of hydrogen-bond donors (Lipinski definition) is 2. The number of piperidine rings is 1. The molecule has 6 rings (SSSR count). The zero-order chi connectivity index (χ0) is 21.7. The van der Waals surface area contributed by atoms with E-state index in [1.54, 1.807) is 0 Å². The van der Waals surface area contributed by atoms with Gasteiger partial charge in [-0.25, -0.2) is 0 Å². The fraction of sp³-hybridized carbons (Fsp3) is 0.429. The number of rotatable bonds is 3. The summed E-state index contributed by atoms with van der Waals surface area (Å²) in [5.74, 6) is 0.855. The van der Waals surface area contributed by atoms with Crippen molar-refractivity contribution >= 4 is 10.8 Å². The van der Waals surface area contributed by atoms with Crippen molar-refractivity contribution in [2.24, 2.45) is 0 Å². The summed E-state index contributed by atoms with van der Waals surface area (Å²) in [6, 6.07) is 18.8. The Morgan fingerprint density at radius 3 is 2.69 bits per heavy atom. The van der Waals surface area contributed by atoms with Gasteiger partial charge < -0.3 is 19.8 Å². The molecule has 0 amide bonds. The van der Waals surface area contributed by atoms with E-state index in [4.69, 9.17) is 4.74 Å². The first-order valence-corrected chi connectivity index (χ1v) is 12.0. The Balaban J connectivity index is 1.16. The summed E-state index contributed by atoms with van der Waals surface area (Å²) in [7, 11) is 0. The summed E-state index contributed by atoms with van der Waals surface area (Å²) in [4.78, 5) is 2.34. The molecule has 2 N–H and O–H groups in total. The van der Waals surface area contributed by atoms with E-state index < -0.39 is 12.2 Å². The van der Waals surface area contributed by atoms with Crippen LogP contribution in [0.25, 0.3) is 10.8 Å². The van der Waals surface area contributed by atoms with Crippen molar-refractivity contribution in [2.75, 3.05) is 19.6 Å². The highest BCUT2D eigenvalue weighted by atomic mass is 16.5. The topological polar surface area (TPSA) is 52.9 Å². The van der Waals surface area contributed by atoms with Gasteiger partial charge in [0.15, 0.2) is 0 Å². The van der Waals surface area contributed by atoms with Gasteiger partial charge in [-0.1, -0.05) is 54.6 Å². The van der Waals surface area contributed by atoms with Crippen molar-refractivity contribution in [3.05, 3.63) is 76.9 Å². The molecule has 1 saturated heterocycles. The van der Waals surface area contributed by atoms with Crippen LogP contribution in [0.5, 0.6) is 5.75 Å². The van der Waals surface area contributed by atoms with Crippen LogP contribution in [0.3, 0.4) is 0 Å². The highest BCUT2D eigenvalue weighted by Crippen LogP contribution is 2.47. The minimum Gasteiger partial charge on any atom is -0.486 e. The van der Waals surface area contributed by atoms with Crippen molar-refractivity contribution in [2.45, 2.75) is 56.3 Å². The van der Waals surface area contributed by atoms with Crippen LogP contribution >= 0.6 is 0 Å². The van der Waals surface area contributed by atoms with E-state index in [9.17, 15) is 10.2 Å². The van der Waals surface area contributed by atoms with Gasteiger partial charge in [0.2, 0.25) is 0 Å². The second kappa shape index (κ2) is 7.87. The fourth-order valence-corrected chi connectivity index (χ4v) is 5.95. The molecule has 4 heteroatoms. The molecule has 0 radical (unpaired) electrons. The normalized spacial score (nSPS) is 23.0. The Labute approximate surface area is 189 Å². The Morgan fingerprint density at radius 1 is 1.00 bits per heavy atom. The largest absolute Gasteiger partial charge is 0.486 e. The number of ether oxygens (including phenoxy) is 1. The molecule has 4 nitrogen and oxygen atoms in total. The standard InChI is InChI=1S/C28H31NO3/c30-25-17-28(32-27-23-7-2-1-4-20(23)10-11-24(25)27)12-14-29(15-13-28)18-26(31)22-9-8-19-5-3-6-21(19)16-22/h1-2,4,7-11,16,25-26,30-31H,3,5-6,12-15,17-18H2. The Kier molecular flexibility index (Phi) is 4.98. The Bertz CT molecular complexity index is 1150. The molecule has 1 spiro atoms. The zero-order valence-corrected chi connectivity index (χ0v) is 18.5. The van der Waals surface area contributed by atoms with Gasteiger partial charge in [0, 0.05) is 37.0 Å². The molecular weight excluding hydrogens is 398 g/mol. The molecule has 166 valence electrons. The molecule has 1 aliphatic carbocycles. The molecule has 0 aromatic heterocycles. The van der Waals surface area contributed by atoms with E-state index in [-0.39, 0.29) is 5.60 Å². The molecule has 2 heterocycles. The molecule has 2 aliphatic heterocycles. The number of aliphatic hydroxyl groups excluding tert-OH is 2. The van der Waals surface area contributed by atoms with Crippen molar-refractivity contribution in [3.63, 3.8) is 0 Å². The second-order valence-electron chi connectivity index (χ2n) is 9.91. The zero-order valence-electron chi connectivity index (χ0n) is 18.5. The number of fused-ring (bicyclic) bond motifs is 4. The van der Waals surface area contributed by atoms with Crippen molar-refractivity contribution in [3.8, 4) is 5.75 Å². The van der Waals surface area contributed by atoms with Crippen molar-refractivity contribution in [1.82, 2.24) is 4.90 Å². The van der Waals surface area contributed by atoms with Gasteiger partial charge in [-0.05, 0) is 54.2 Å². The summed E-state index contributed by atoms with van der Waals surface area (Å²) >= 11 is 0. The number of aryl methyl sites for hydroxylation is 2. The third-order valence-corrected chi connectivity index (χ3v) is 7.86. The minimum atomic E-state index is -0.494. The van der Waals surface area contributed by atoms with Gasteiger partial charge in [0.05, 0.1) is 12.2 Å². The molecule has 0 saturated carbocycles. The van der Waals surface area contributed by atoms with Crippen LogP contribution in [0.4, 0.5) is 0 Å².